The Hall–Kier alpha value is -2.63. The van der Waals surface area contributed by atoms with Crippen LogP contribution in [0.5, 0.6) is 0 Å². The molecule has 1 heterocycles. The summed E-state index contributed by atoms with van der Waals surface area (Å²) in [4.78, 5) is 25.7. The third-order valence-corrected chi connectivity index (χ3v) is 5.24. The van der Waals surface area contributed by atoms with Gasteiger partial charge in [0.25, 0.3) is 11.5 Å². The molecule has 7 heteroatoms. The fourth-order valence-electron chi connectivity index (χ4n) is 3.04. The average Bonchev–Trinajstić information content (AvgIpc) is 2.72. The Morgan fingerprint density at radius 1 is 1.10 bits per heavy atom. The highest BCUT2D eigenvalue weighted by atomic mass is 35.5. The monoisotopic (exact) mass is 446 g/mol. The molecule has 0 spiro atoms. The molecule has 0 saturated heterocycles. The molecule has 30 heavy (non-hydrogen) atoms. The summed E-state index contributed by atoms with van der Waals surface area (Å²) in [7, 11) is 0. The number of nitrogens with one attached hydrogen (secondary N) is 1. The standard InChI is InChI=1S/C23H21Cl2FN2O2/c1-2-3-10-28-14-16(19-9-6-17(24)12-21(19)25)11-20(23(28)30)22(29)27-13-15-4-7-18(26)8-5-15/h4-9,11-12,14H,2-3,10,13H2,1H3,(H,27,29). The maximum atomic E-state index is 13.1. The molecule has 0 bridgehead atoms. The summed E-state index contributed by atoms with van der Waals surface area (Å²) >= 11 is 12.3. The molecule has 0 aliphatic heterocycles. The van der Waals surface area contributed by atoms with Crippen molar-refractivity contribution in [2.45, 2.75) is 32.9 Å². The molecule has 0 saturated carbocycles. The molecule has 0 unspecified atom stereocenters. The summed E-state index contributed by atoms with van der Waals surface area (Å²) in [5.74, 6) is -0.849. The number of aromatic nitrogens is 1. The molecule has 3 aromatic rings. The predicted octanol–water partition coefficient (Wildman–Crippen LogP) is 5.69. The topological polar surface area (TPSA) is 51.1 Å². The van der Waals surface area contributed by atoms with Gasteiger partial charge in [0.2, 0.25) is 0 Å². The first-order valence-electron chi connectivity index (χ1n) is 9.61. The maximum absolute atomic E-state index is 13.1. The van der Waals surface area contributed by atoms with Gasteiger partial charge in [-0.3, -0.25) is 9.59 Å². The van der Waals surface area contributed by atoms with Crippen molar-refractivity contribution in [1.29, 1.82) is 0 Å². The lowest BCUT2D eigenvalue weighted by atomic mass is 10.0. The second-order valence-electron chi connectivity index (χ2n) is 6.93. The predicted molar refractivity (Wildman–Crippen MR) is 119 cm³/mol. The molecule has 0 aliphatic rings. The van der Waals surface area contributed by atoms with Gasteiger partial charge in [-0.05, 0) is 42.3 Å². The minimum atomic E-state index is -0.499. The van der Waals surface area contributed by atoms with E-state index in [0.717, 1.165) is 18.4 Å². The van der Waals surface area contributed by atoms with Crippen molar-refractivity contribution in [1.82, 2.24) is 9.88 Å². The zero-order valence-electron chi connectivity index (χ0n) is 16.4. The van der Waals surface area contributed by atoms with Crippen LogP contribution in [0.25, 0.3) is 11.1 Å². The molecule has 2 aromatic carbocycles. The SMILES string of the molecule is CCCCn1cc(-c2ccc(Cl)cc2Cl)cc(C(=O)NCc2ccc(F)cc2)c1=O. The number of carbonyl (C=O) groups excluding carboxylic acids is 1. The lowest BCUT2D eigenvalue weighted by Crippen LogP contribution is -2.33. The number of carbonyl (C=O) groups is 1. The largest absolute Gasteiger partial charge is 0.348 e. The second-order valence-corrected chi connectivity index (χ2v) is 7.77. The second kappa shape index (κ2) is 9.92. The van der Waals surface area contributed by atoms with Crippen LogP contribution in [-0.4, -0.2) is 10.5 Å². The fraction of sp³-hybridized carbons (Fsp3) is 0.217. The van der Waals surface area contributed by atoms with E-state index in [2.05, 4.69) is 5.32 Å². The van der Waals surface area contributed by atoms with Crippen molar-refractivity contribution in [2.75, 3.05) is 0 Å². The molecule has 1 amide bonds. The number of halogens is 3. The Bertz CT molecular complexity index is 1110. The highest BCUT2D eigenvalue weighted by molar-refractivity contribution is 6.36. The van der Waals surface area contributed by atoms with Crippen molar-refractivity contribution in [2.24, 2.45) is 0 Å². The van der Waals surface area contributed by atoms with E-state index in [-0.39, 0.29) is 23.5 Å². The number of nitrogens with zero attached hydrogens (tertiary/aromatic N) is 1. The normalized spacial score (nSPS) is 10.8. The minimum Gasteiger partial charge on any atom is -0.348 e. The lowest BCUT2D eigenvalue weighted by molar-refractivity contribution is 0.0949. The van der Waals surface area contributed by atoms with E-state index in [0.29, 0.717) is 27.7 Å². The van der Waals surface area contributed by atoms with Crippen LogP contribution in [0.3, 0.4) is 0 Å². The quantitative estimate of drug-likeness (QED) is 0.506. The summed E-state index contributed by atoms with van der Waals surface area (Å²) in [5.41, 5.74) is 1.72. The van der Waals surface area contributed by atoms with E-state index in [9.17, 15) is 14.0 Å². The van der Waals surface area contributed by atoms with Crippen LogP contribution in [0.15, 0.2) is 59.5 Å². The summed E-state index contributed by atoms with van der Waals surface area (Å²) < 4.78 is 14.6. The highest BCUT2D eigenvalue weighted by Gasteiger charge is 2.16. The van der Waals surface area contributed by atoms with Crippen molar-refractivity contribution in [3.05, 3.63) is 92.1 Å². The van der Waals surface area contributed by atoms with Crippen LogP contribution < -0.4 is 10.9 Å². The number of hydrogen-bond donors (Lipinski definition) is 1. The van der Waals surface area contributed by atoms with Gasteiger partial charge in [-0.2, -0.15) is 0 Å². The molecular weight excluding hydrogens is 426 g/mol. The van der Waals surface area contributed by atoms with Crippen LogP contribution in [-0.2, 0) is 13.1 Å². The van der Waals surface area contributed by atoms with E-state index in [4.69, 9.17) is 23.2 Å². The van der Waals surface area contributed by atoms with Gasteiger partial charge >= 0.3 is 0 Å². The van der Waals surface area contributed by atoms with Gasteiger partial charge in [-0.1, -0.05) is 54.7 Å². The highest BCUT2D eigenvalue weighted by Crippen LogP contribution is 2.30. The van der Waals surface area contributed by atoms with Gasteiger partial charge < -0.3 is 9.88 Å². The Morgan fingerprint density at radius 2 is 1.83 bits per heavy atom. The van der Waals surface area contributed by atoms with Crippen molar-refractivity contribution in [3.63, 3.8) is 0 Å². The summed E-state index contributed by atoms with van der Waals surface area (Å²) in [6, 6.07) is 12.4. The number of unbranched alkanes of at least 4 members (excludes halogenated alkanes) is 1. The number of rotatable bonds is 7. The molecule has 3 rings (SSSR count). The minimum absolute atomic E-state index is 0.0248. The van der Waals surface area contributed by atoms with Gasteiger partial charge in [0.15, 0.2) is 0 Å². The van der Waals surface area contributed by atoms with Crippen LogP contribution in [0, 0.1) is 5.82 Å². The molecule has 0 fully saturated rings. The third kappa shape index (κ3) is 5.29. The molecule has 1 N–H and O–H groups in total. The average molecular weight is 447 g/mol. The fourth-order valence-corrected chi connectivity index (χ4v) is 3.56. The zero-order chi connectivity index (χ0) is 21.7. The van der Waals surface area contributed by atoms with Crippen LogP contribution in [0.1, 0.15) is 35.7 Å². The Morgan fingerprint density at radius 3 is 2.50 bits per heavy atom. The number of benzene rings is 2. The van der Waals surface area contributed by atoms with Crippen molar-refractivity contribution >= 4 is 29.1 Å². The molecule has 4 nitrogen and oxygen atoms in total. The summed E-state index contributed by atoms with van der Waals surface area (Å²) in [5, 5.41) is 3.66. The van der Waals surface area contributed by atoms with Gasteiger partial charge in [0.1, 0.15) is 11.4 Å². The van der Waals surface area contributed by atoms with Crippen LogP contribution in [0.2, 0.25) is 10.0 Å². The van der Waals surface area contributed by atoms with Gasteiger partial charge in [-0.15, -0.1) is 0 Å². The van der Waals surface area contributed by atoms with E-state index >= 15 is 0 Å². The van der Waals surface area contributed by atoms with Gasteiger partial charge in [0, 0.05) is 40.5 Å². The van der Waals surface area contributed by atoms with Crippen molar-refractivity contribution in [3.8, 4) is 11.1 Å². The molecular formula is C23H21Cl2FN2O2. The number of amides is 1. The Labute approximate surface area is 184 Å². The zero-order valence-corrected chi connectivity index (χ0v) is 17.9. The molecule has 156 valence electrons. The Balaban J connectivity index is 1.96. The molecule has 0 atom stereocenters. The lowest BCUT2D eigenvalue weighted by Gasteiger charge is -2.13. The van der Waals surface area contributed by atoms with Crippen LogP contribution in [0.4, 0.5) is 4.39 Å². The van der Waals surface area contributed by atoms with E-state index in [1.165, 1.54) is 16.7 Å². The molecule has 0 aliphatic carbocycles. The first-order valence-corrected chi connectivity index (χ1v) is 10.4. The first kappa shape index (κ1) is 22.1. The van der Waals surface area contributed by atoms with E-state index in [1.54, 1.807) is 42.6 Å². The Kier molecular flexibility index (Phi) is 7.29. The van der Waals surface area contributed by atoms with Gasteiger partial charge in [-0.25, -0.2) is 4.39 Å². The van der Waals surface area contributed by atoms with Crippen LogP contribution >= 0.6 is 23.2 Å². The maximum Gasteiger partial charge on any atom is 0.263 e. The number of pyridine rings is 1. The first-order chi connectivity index (χ1) is 14.4. The van der Waals surface area contributed by atoms with E-state index < -0.39 is 5.91 Å². The molecule has 0 radical (unpaired) electrons. The number of hydrogen-bond acceptors (Lipinski definition) is 2. The summed E-state index contributed by atoms with van der Waals surface area (Å²) in [6.07, 6.45) is 3.42. The molecule has 1 aromatic heterocycles. The smallest absolute Gasteiger partial charge is 0.263 e. The van der Waals surface area contributed by atoms with E-state index in [1.807, 2.05) is 6.92 Å². The number of aryl methyl sites for hydroxylation is 1. The van der Waals surface area contributed by atoms with Crippen molar-refractivity contribution < 1.29 is 9.18 Å². The van der Waals surface area contributed by atoms with Gasteiger partial charge in [0.05, 0.1) is 0 Å². The summed E-state index contributed by atoms with van der Waals surface area (Å²) in [6.45, 7) is 2.70. The third-order valence-electron chi connectivity index (χ3n) is 4.69.